The van der Waals surface area contributed by atoms with Crippen LogP contribution in [0, 0.1) is 0 Å². The fourth-order valence-electron chi connectivity index (χ4n) is 1.96. The molecule has 0 aromatic heterocycles. The maximum Gasteiger partial charge on any atom is 0.330 e. The van der Waals surface area contributed by atoms with E-state index in [2.05, 4.69) is 5.32 Å². The highest BCUT2D eigenvalue weighted by Crippen LogP contribution is 2.26. The molecule has 0 spiro atoms. The molecule has 88 valence electrons. The van der Waals surface area contributed by atoms with Crippen LogP contribution in [0.15, 0.2) is 30.3 Å². The highest BCUT2D eigenvalue weighted by molar-refractivity contribution is 5.82. The van der Waals surface area contributed by atoms with E-state index in [9.17, 15) is 4.79 Å². The average molecular weight is 221 g/mol. The van der Waals surface area contributed by atoms with Gasteiger partial charge in [0.1, 0.15) is 5.54 Å². The third-order valence-corrected chi connectivity index (χ3v) is 2.81. The minimum absolute atomic E-state index is 0.233. The Morgan fingerprint density at radius 1 is 1.31 bits per heavy atom. The van der Waals surface area contributed by atoms with Gasteiger partial charge in [-0.25, -0.2) is 4.79 Å². The van der Waals surface area contributed by atoms with Crippen molar-refractivity contribution in [3.63, 3.8) is 0 Å². The summed E-state index contributed by atoms with van der Waals surface area (Å²) in [6, 6.07) is 9.69. The number of rotatable bonds is 5. The number of carbonyl (C=O) groups is 1. The smallest absolute Gasteiger partial charge is 0.330 e. The first-order chi connectivity index (χ1) is 7.71. The Bertz CT molecular complexity index is 337. The molecule has 1 rings (SSSR count). The zero-order chi connectivity index (χ0) is 12.0. The zero-order valence-corrected chi connectivity index (χ0v) is 10.1. The predicted octanol–water partition coefficient (Wildman–Crippen LogP) is 2.07. The van der Waals surface area contributed by atoms with Crippen molar-refractivity contribution in [2.45, 2.75) is 25.8 Å². The number of nitrogens with one attached hydrogen (secondary N) is 1. The standard InChI is InChI=1S/C13H19NO2/c1-4-13(14-5-2,12(15)16-3)11-9-7-6-8-10-11/h6-10,14H,4-5H2,1-3H3. The molecule has 0 fully saturated rings. The van der Waals surface area contributed by atoms with Gasteiger partial charge in [-0.2, -0.15) is 0 Å². The van der Waals surface area contributed by atoms with Crippen molar-refractivity contribution in [2.75, 3.05) is 13.7 Å². The SMILES string of the molecule is CCNC(CC)(C(=O)OC)c1ccccc1. The molecule has 1 N–H and O–H groups in total. The molecular formula is C13H19NO2. The molecule has 0 amide bonds. The second kappa shape index (κ2) is 5.66. The molecule has 1 atom stereocenters. The molecule has 16 heavy (non-hydrogen) atoms. The number of hydrogen-bond donors (Lipinski definition) is 1. The third kappa shape index (κ3) is 2.25. The molecule has 0 heterocycles. The molecule has 0 aliphatic carbocycles. The summed E-state index contributed by atoms with van der Waals surface area (Å²) >= 11 is 0. The van der Waals surface area contributed by atoms with Crippen LogP contribution in [0.5, 0.6) is 0 Å². The molecule has 0 aliphatic rings. The van der Waals surface area contributed by atoms with Gasteiger partial charge in [-0.15, -0.1) is 0 Å². The molecule has 0 radical (unpaired) electrons. The summed E-state index contributed by atoms with van der Waals surface area (Å²) in [6.45, 7) is 4.68. The second-order valence-corrected chi connectivity index (χ2v) is 3.65. The van der Waals surface area contributed by atoms with Crippen LogP contribution in [-0.4, -0.2) is 19.6 Å². The summed E-state index contributed by atoms with van der Waals surface area (Å²) in [5.41, 5.74) is 0.233. The summed E-state index contributed by atoms with van der Waals surface area (Å²) in [4.78, 5) is 12.0. The normalized spacial score (nSPS) is 14.2. The number of esters is 1. The van der Waals surface area contributed by atoms with Crippen LogP contribution in [0.1, 0.15) is 25.8 Å². The van der Waals surface area contributed by atoms with Gasteiger partial charge < -0.3 is 4.74 Å². The summed E-state index contributed by atoms with van der Waals surface area (Å²) in [7, 11) is 1.42. The molecule has 0 saturated carbocycles. The monoisotopic (exact) mass is 221 g/mol. The van der Waals surface area contributed by atoms with Crippen LogP contribution in [0.25, 0.3) is 0 Å². The minimum atomic E-state index is -0.718. The fraction of sp³-hybridized carbons (Fsp3) is 0.462. The number of hydrogen-bond acceptors (Lipinski definition) is 3. The van der Waals surface area contributed by atoms with Gasteiger partial charge in [0, 0.05) is 0 Å². The molecule has 0 saturated heterocycles. The second-order valence-electron chi connectivity index (χ2n) is 3.65. The third-order valence-electron chi connectivity index (χ3n) is 2.81. The highest BCUT2D eigenvalue weighted by Gasteiger charge is 2.38. The lowest BCUT2D eigenvalue weighted by Gasteiger charge is -2.31. The Balaban J connectivity index is 3.17. The van der Waals surface area contributed by atoms with E-state index in [0.29, 0.717) is 6.42 Å². The van der Waals surface area contributed by atoms with Crippen LogP contribution < -0.4 is 5.32 Å². The van der Waals surface area contributed by atoms with Gasteiger partial charge in [-0.3, -0.25) is 5.32 Å². The highest BCUT2D eigenvalue weighted by atomic mass is 16.5. The van der Waals surface area contributed by atoms with Crippen molar-refractivity contribution in [1.29, 1.82) is 0 Å². The largest absolute Gasteiger partial charge is 0.467 e. The van der Waals surface area contributed by atoms with E-state index in [1.807, 2.05) is 44.2 Å². The first-order valence-corrected chi connectivity index (χ1v) is 5.60. The van der Waals surface area contributed by atoms with Crippen molar-refractivity contribution in [3.05, 3.63) is 35.9 Å². The molecule has 1 aromatic carbocycles. The molecule has 0 aliphatic heterocycles. The number of ether oxygens (including phenoxy) is 1. The van der Waals surface area contributed by atoms with Crippen molar-refractivity contribution in [1.82, 2.24) is 5.32 Å². The van der Waals surface area contributed by atoms with Crippen LogP contribution in [0.3, 0.4) is 0 Å². The van der Waals surface area contributed by atoms with Gasteiger partial charge in [0.2, 0.25) is 0 Å². The summed E-state index contributed by atoms with van der Waals surface area (Å²) in [5, 5.41) is 3.24. The molecule has 1 unspecified atom stereocenters. The maximum absolute atomic E-state index is 12.0. The van der Waals surface area contributed by atoms with Gasteiger partial charge in [0.15, 0.2) is 0 Å². The van der Waals surface area contributed by atoms with E-state index < -0.39 is 5.54 Å². The lowest BCUT2D eigenvalue weighted by molar-refractivity contribution is -0.149. The van der Waals surface area contributed by atoms with E-state index >= 15 is 0 Å². The Morgan fingerprint density at radius 3 is 2.38 bits per heavy atom. The Kier molecular flexibility index (Phi) is 4.50. The van der Waals surface area contributed by atoms with E-state index in [1.165, 1.54) is 7.11 Å². The van der Waals surface area contributed by atoms with Crippen molar-refractivity contribution >= 4 is 5.97 Å². The first kappa shape index (κ1) is 12.7. The Hall–Kier alpha value is -1.35. The number of likely N-dealkylation sites (N-methyl/N-ethyl adjacent to an activating group) is 1. The summed E-state index contributed by atoms with van der Waals surface area (Å²) < 4.78 is 4.91. The minimum Gasteiger partial charge on any atom is -0.467 e. The Labute approximate surface area is 96.8 Å². The van der Waals surface area contributed by atoms with Crippen LogP contribution in [-0.2, 0) is 15.1 Å². The van der Waals surface area contributed by atoms with Gasteiger partial charge in [-0.1, -0.05) is 44.2 Å². The quantitative estimate of drug-likeness (QED) is 0.774. The molecule has 0 bridgehead atoms. The van der Waals surface area contributed by atoms with E-state index in [-0.39, 0.29) is 5.97 Å². The summed E-state index contributed by atoms with van der Waals surface area (Å²) in [6.07, 6.45) is 0.664. The van der Waals surface area contributed by atoms with Crippen molar-refractivity contribution in [3.8, 4) is 0 Å². The predicted molar refractivity (Wildman–Crippen MR) is 64.1 cm³/mol. The lowest BCUT2D eigenvalue weighted by Crippen LogP contribution is -2.49. The average Bonchev–Trinajstić information content (AvgIpc) is 2.36. The molecule has 1 aromatic rings. The molecule has 3 nitrogen and oxygen atoms in total. The maximum atomic E-state index is 12.0. The van der Waals surface area contributed by atoms with Crippen molar-refractivity contribution < 1.29 is 9.53 Å². The topological polar surface area (TPSA) is 38.3 Å². The van der Waals surface area contributed by atoms with E-state index in [4.69, 9.17) is 4.74 Å². The van der Waals surface area contributed by atoms with Crippen molar-refractivity contribution in [2.24, 2.45) is 0 Å². The molecule has 3 heteroatoms. The van der Waals surface area contributed by atoms with E-state index in [0.717, 1.165) is 12.1 Å². The zero-order valence-electron chi connectivity index (χ0n) is 10.1. The first-order valence-electron chi connectivity index (χ1n) is 5.60. The fourth-order valence-corrected chi connectivity index (χ4v) is 1.96. The lowest BCUT2D eigenvalue weighted by atomic mass is 9.87. The number of carbonyl (C=O) groups excluding carboxylic acids is 1. The number of benzene rings is 1. The molecular weight excluding hydrogens is 202 g/mol. The van der Waals surface area contributed by atoms with Crippen LogP contribution in [0.4, 0.5) is 0 Å². The summed E-state index contributed by atoms with van der Waals surface area (Å²) in [5.74, 6) is -0.233. The van der Waals surface area contributed by atoms with Crippen LogP contribution >= 0.6 is 0 Å². The van der Waals surface area contributed by atoms with Gasteiger partial charge >= 0.3 is 5.97 Å². The number of methoxy groups -OCH3 is 1. The van der Waals surface area contributed by atoms with Gasteiger partial charge in [0.25, 0.3) is 0 Å². The van der Waals surface area contributed by atoms with Gasteiger partial charge in [0.05, 0.1) is 7.11 Å². The Morgan fingerprint density at radius 2 is 1.94 bits per heavy atom. The van der Waals surface area contributed by atoms with Gasteiger partial charge in [-0.05, 0) is 18.5 Å². The van der Waals surface area contributed by atoms with Crippen LogP contribution in [0.2, 0.25) is 0 Å². The van der Waals surface area contributed by atoms with E-state index in [1.54, 1.807) is 0 Å².